The van der Waals surface area contributed by atoms with Crippen LogP contribution in [-0.2, 0) is 0 Å². The molecule has 0 unspecified atom stereocenters. The summed E-state index contributed by atoms with van der Waals surface area (Å²) in [5.41, 5.74) is 4.51. The SMILES string of the molecule is [2H]c1cc([2H])cc2c3c4cccccc-4cc3cc-2c1. The second-order valence-corrected chi connectivity index (χ2v) is 4.53. The highest BCUT2D eigenvalue weighted by molar-refractivity contribution is 6.13. The highest BCUT2D eigenvalue weighted by atomic mass is 14.2. The molecule has 0 atom stereocenters. The van der Waals surface area contributed by atoms with Crippen LogP contribution in [0.15, 0.2) is 72.7 Å². The van der Waals surface area contributed by atoms with Gasteiger partial charge in [0.15, 0.2) is 0 Å². The monoisotopic (exact) mass is 230 g/mol. The maximum atomic E-state index is 7.93. The lowest BCUT2D eigenvalue weighted by Crippen LogP contribution is -1.70. The molecule has 0 aromatic rings. The molecule has 0 amide bonds. The Morgan fingerprint density at radius 3 is 2.33 bits per heavy atom. The van der Waals surface area contributed by atoms with Crippen LogP contribution in [0.3, 0.4) is 0 Å². The summed E-state index contributed by atoms with van der Waals surface area (Å²) >= 11 is 0. The van der Waals surface area contributed by atoms with Crippen LogP contribution in [0.2, 0.25) is 0 Å². The van der Waals surface area contributed by atoms with Gasteiger partial charge in [0.2, 0.25) is 0 Å². The fourth-order valence-corrected chi connectivity index (χ4v) is 2.69. The van der Waals surface area contributed by atoms with Gasteiger partial charge in [0.25, 0.3) is 0 Å². The van der Waals surface area contributed by atoms with Crippen LogP contribution in [0.4, 0.5) is 0 Å². The van der Waals surface area contributed by atoms with Gasteiger partial charge in [-0.15, -0.1) is 0 Å². The van der Waals surface area contributed by atoms with E-state index in [1.54, 1.807) is 6.07 Å². The molecule has 0 aromatic heterocycles. The molecule has 0 N–H and O–H groups in total. The van der Waals surface area contributed by atoms with E-state index >= 15 is 0 Å². The van der Waals surface area contributed by atoms with Crippen molar-refractivity contribution in [3.05, 3.63) is 72.7 Å². The van der Waals surface area contributed by atoms with Crippen molar-refractivity contribution >= 4 is 10.8 Å². The van der Waals surface area contributed by atoms with Gasteiger partial charge in [-0.05, 0) is 45.2 Å². The molecule has 0 heterocycles. The van der Waals surface area contributed by atoms with Crippen LogP contribution in [0.1, 0.15) is 2.74 Å². The number of hydrogen-bond donors (Lipinski definition) is 0. The second kappa shape index (κ2) is 3.58. The van der Waals surface area contributed by atoms with Crippen molar-refractivity contribution in [3.63, 3.8) is 0 Å². The van der Waals surface area contributed by atoms with Crippen molar-refractivity contribution in [2.24, 2.45) is 0 Å². The average molecular weight is 230 g/mol. The molecular weight excluding hydrogens is 216 g/mol. The van der Waals surface area contributed by atoms with Gasteiger partial charge in [-0.25, -0.2) is 0 Å². The van der Waals surface area contributed by atoms with Gasteiger partial charge < -0.3 is 0 Å². The normalized spacial score (nSPS) is 12.9. The Balaban J connectivity index is 2.20. The zero-order chi connectivity index (χ0) is 13.7. The molecule has 0 saturated heterocycles. The van der Waals surface area contributed by atoms with E-state index in [0.29, 0.717) is 12.1 Å². The molecule has 84 valence electrons. The van der Waals surface area contributed by atoms with Gasteiger partial charge in [-0.3, -0.25) is 0 Å². The van der Waals surface area contributed by atoms with Crippen LogP contribution in [-0.4, -0.2) is 0 Å². The molecule has 4 aliphatic rings. The summed E-state index contributed by atoms with van der Waals surface area (Å²) in [6, 6.07) is 20.7. The minimum atomic E-state index is 0.382. The topological polar surface area (TPSA) is 0 Å². The molecule has 0 aliphatic heterocycles. The van der Waals surface area contributed by atoms with E-state index in [4.69, 9.17) is 2.74 Å². The van der Waals surface area contributed by atoms with E-state index in [-0.39, 0.29) is 0 Å². The third-order valence-corrected chi connectivity index (χ3v) is 3.47. The second-order valence-electron chi connectivity index (χ2n) is 4.53. The van der Waals surface area contributed by atoms with Crippen molar-refractivity contribution in [2.75, 3.05) is 0 Å². The molecule has 0 bridgehead atoms. The summed E-state index contributed by atoms with van der Waals surface area (Å²) in [6.07, 6.45) is 0. The summed E-state index contributed by atoms with van der Waals surface area (Å²) < 4.78 is 15.8. The largest absolute Gasteiger partial charge is 0.0623 e. The minimum Gasteiger partial charge on any atom is -0.0622 e. The molecule has 0 radical (unpaired) electrons. The van der Waals surface area contributed by atoms with Gasteiger partial charge in [-0.2, -0.15) is 0 Å². The molecule has 18 heavy (non-hydrogen) atoms. The summed E-state index contributed by atoms with van der Waals surface area (Å²) in [5.74, 6) is 0. The van der Waals surface area contributed by atoms with Crippen LogP contribution < -0.4 is 0 Å². The van der Waals surface area contributed by atoms with Crippen molar-refractivity contribution in [1.82, 2.24) is 0 Å². The van der Waals surface area contributed by atoms with Gasteiger partial charge in [-0.1, -0.05) is 60.6 Å². The Labute approximate surface area is 109 Å². The van der Waals surface area contributed by atoms with E-state index < -0.39 is 0 Å². The third-order valence-electron chi connectivity index (χ3n) is 3.47. The molecule has 0 aromatic carbocycles. The molecule has 0 heteroatoms. The van der Waals surface area contributed by atoms with E-state index in [1.165, 1.54) is 21.9 Å². The molecular formula is C18H12. The Hall–Kier alpha value is -2.34. The number of rotatable bonds is 0. The van der Waals surface area contributed by atoms with E-state index in [0.717, 1.165) is 11.1 Å². The van der Waals surface area contributed by atoms with E-state index in [9.17, 15) is 0 Å². The first-order valence-corrected chi connectivity index (χ1v) is 6.05. The smallest absolute Gasteiger partial charge is 0.0622 e. The lowest BCUT2D eigenvalue weighted by molar-refractivity contribution is 1.81. The van der Waals surface area contributed by atoms with Crippen molar-refractivity contribution in [1.29, 1.82) is 0 Å². The molecule has 4 aliphatic carbocycles. The summed E-state index contributed by atoms with van der Waals surface area (Å²) in [4.78, 5) is 0. The Bertz CT molecular complexity index is 880. The Morgan fingerprint density at radius 1 is 0.667 bits per heavy atom. The van der Waals surface area contributed by atoms with Crippen molar-refractivity contribution in [2.45, 2.75) is 0 Å². The molecule has 0 spiro atoms. The average Bonchev–Trinajstić information content (AvgIpc) is 2.71. The zero-order valence-electron chi connectivity index (χ0n) is 11.8. The van der Waals surface area contributed by atoms with Gasteiger partial charge in [0.1, 0.15) is 0 Å². The fraction of sp³-hybridized carbons (Fsp3) is 0. The highest BCUT2D eigenvalue weighted by Gasteiger charge is 2.15. The maximum Gasteiger partial charge on any atom is 0.0623 e. The van der Waals surface area contributed by atoms with E-state index in [1.807, 2.05) is 30.3 Å². The van der Waals surface area contributed by atoms with E-state index in [2.05, 4.69) is 24.3 Å². The lowest BCUT2D eigenvalue weighted by Gasteiger charge is -1.97. The molecule has 0 nitrogen and oxygen atoms in total. The fourth-order valence-electron chi connectivity index (χ4n) is 2.69. The zero-order valence-corrected chi connectivity index (χ0v) is 9.77. The van der Waals surface area contributed by atoms with Gasteiger partial charge in [0, 0.05) is 0 Å². The van der Waals surface area contributed by atoms with Crippen LogP contribution in [0.5, 0.6) is 0 Å². The first-order valence-electron chi connectivity index (χ1n) is 7.05. The molecule has 0 fully saturated rings. The van der Waals surface area contributed by atoms with Crippen LogP contribution in [0, 0.1) is 0 Å². The van der Waals surface area contributed by atoms with Crippen LogP contribution in [0.25, 0.3) is 33.0 Å². The predicted molar refractivity (Wildman–Crippen MR) is 77.2 cm³/mol. The first-order chi connectivity index (χ1) is 9.72. The lowest BCUT2D eigenvalue weighted by atomic mass is 10.1. The van der Waals surface area contributed by atoms with Crippen molar-refractivity contribution in [3.8, 4) is 22.3 Å². The molecule has 0 saturated carbocycles. The number of hydrogen-bond acceptors (Lipinski definition) is 0. The number of fused-ring (bicyclic) bond motifs is 5. The Morgan fingerprint density at radius 2 is 1.39 bits per heavy atom. The Kier molecular flexibility index (Phi) is 1.57. The maximum absolute atomic E-state index is 7.93. The highest BCUT2D eigenvalue weighted by Crippen LogP contribution is 2.42. The van der Waals surface area contributed by atoms with Crippen LogP contribution >= 0.6 is 0 Å². The first kappa shape index (κ1) is 7.88. The van der Waals surface area contributed by atoms with Gasteiger partial charge >= 0.3 is 0 Å². The summed E-state index contributed by atoms with van der Waals surface area (Å²) in [5, 5.41) is 2.38. The quantitative estimate of drug-likeness (QED) is 0.396. The third kappa shape index (κ3) is 1.26. The predicted octanol–water partition coefficient (Wildman–Crippen LogP) is 5.05. The summed E-state index contributed by atoms with van der Waals surface area (Å²) in [6.45, 7) is 0. The minimum absolute atomic E-state index is 0.382. The summed E-state index contributed by atoms with van der Waals surface area (Å²) in [7, 11) is 0. The standard InChI is InChI=1S/C18H12/c1-3-7-13-11-15-12-14-8-4-2-6-10-17(14)18(15)16(13)9-5-1/h1-12H/i3D,5D. The van der Waals surface area contributed by atoms with Crippen molar-refractivity contribution < 1.29 is 2.74 Å². The molecule has 4 rings (SSSR count). The van der Waals surface area contributed by atoms with Gasteiger partial charge in [0.05, 0.1) is 2.74 Å².